The van der Waals surface area contributed by atoms with Crippen LogP contribution in [0.5, 0.6) is 5.88 Å². The molecule has 1 fully saturated rings. The number of halogens is 3. The largest absolute Gasteiger partial charge is 0.474 e. The fourth-order valence-electron chi connectivity index (χ4n) is 1.93. The van der Waals surface area contributed by atoms with E-state index in [-0.39, 0.29) is 17.8 Å². The quantitative estimate of drug-likeness (QED) is 0.872. The highest BCUT2D eigenvalue weighted by atomic mass is 19.4. The van der Waals surface area contributed by atoms with E-state index in [1.807, 2.05) is 0 Å². The van der Waals surface area contributed by atoms with E-state index in [0.29, 0.717) is 0 Å². The minimum absolute atomic E-state index is 0.0367. The van der Waals surface area contributed by atoms with Crippen LogP contribution in [0.3, 0.4) is 0 Å². The van der Waals surface area contributed by atoms with Crippen molar-refractivity contribution in [2.75, 3.05) is 5.73 Å². The first kappa shape index (κ1) is 12.0. The zero-order chi connectivity index (χ0) is 12.5. The molecule has 3 nitrogen and oxygen atoms in total. The summed E-state index contributed by atoms with van der Waals surface area (Å²) in [6.07, 6.45) is -0.663. The second-order valence-corrected chi connectivity index (χ2v) is 4.14. The molecule has 94 valence electrons. The molecule has 1 aliphatic carbocycles. The SMILES string of the molecule is Nc1cc(C(F)(F)F)cc(OC2CCCC2)n1. The summed E-state index contributed by atoms with van der Waals surface area (Å²) >= 11 is 0. The van der Waals surface area contributed by atoms with Gasteiger partial charge in [0, 0.05) is 6.07 Å². The smallest absolute Gasteiger partial charge is 0.416 e. The highest BCUT2D eigenvalue weighted by Gasteiger charge is 2.32. The maximum Gasteiger partial charge on any atom is 0.416 e. The molecule has 0 bridgehead atoms. The lowest BCUT2D eigenvalue weighted by atomic mass is 10.2. The number of pyridine rings is 1. The minimum atomic E-state index is -4.43. The number of hydrogen-bond donors (Lipinski definition) is 1. The van der Waals surface area contributed by atoms with Gasteiger partial charge < -0.3 is 10.5 Å². The Morgan fingerprint density at radius 3 is 2.47 bits per heavy atom. The van der Waals surface area contributed by atoms with Crippen LogP contribution >= 0.6 is 0 Å². The van der Waals surface area contributed by atoms with E-state index in [4.69, 9.17) is 10.5 Å². The zero-order valence-corrected chi connectivity index (χ0v) is 9.13. The van der Waals surface area contributed by atoms with Crippen molar-refractivity contribution in [1.29, 1.82) is 0 Å². The van der Waals surface area contributed by atoms with E-state index in [1.54, 1.807) is 0 Å². The number of ether oxygens (including phenoxy) is 1. The summed E-state index contributed by atoms with van der Waals surface area (Å²) in [7, 11) is 0. The van der Waals surface area contributed by atoms with Crippen molar-refractivity contribution >= 4 is 5.82 Å². The van der Waals surface area contributed by atoms with Gasteiger partial charge in [0.15, 0.2) is 0 Å². The van der Waals surface area contributed by atoms with Gasteiger partial charge in [0.2, 0.25) is 5.88 Å². The van der Waals surface area contributed by atoms with E-state index >= 15 is 0 Å². The van der Waals surface area contributed by atoms with Crippen LogP contribution in [0, 0.1) is 0 Å². The van der Waals surface area contributed by atoms with Crippen molar-refractivity contribution in [2.24, 2.45) is 0 Å². The van der Waals surface area contributed by atoms with Gasteiger partial charge in [-0.1, -0.05) is 0 Å². The summed E-state index contributed by atoms with van der Waals surface area (Å²) in [5.74, 6) is -0.211. The molecule has 1 aromatic rings. The predicted octanol–water partition coefficient (Wildman–Crippen LogP) is 3.00. The Balaban J connectivity index is 2.19. The lowest BCUT2D eigenvalue weighted by Gasteiger charge is -2.14. The Labute approximate surface area is 96.8 Å². The van der Waals surface area contributed by atoms with E-state index in [9.17, 15) is 13.2 Å². The normalized spacial score (nSPS) is 17.4. The molecule has 0 spiro atoms. The molecule has 17 heavy (non-hydrogen) atoms. The van der Waals surface area contributed by atoms with Gasteiger partial charge in [0.1, 0.15) is 11.9 Å². The third kappa shape index (κ3) is 3.01. The molecule has 1 aromatic heterocycles. The average Bonchev–Trinajstić information content (AvgIpc) is 2.68. The van der Waals surface area contributed by atoms with Gasteiger partial charge in [0.25, 0.3) is 0 Å². The van der Waals surface area contributed by atoms with Gasteiger partial charge in [-0.05, 0) is 31.7 Å². The Hall–Kier alpha value is -1.46. The van der Waals surface area contributed by atoms with Crippen LogP contribution in [-0.2, 0) is 6.18 Å². The van der Waals surface area contributed by atoms with Crippen LogP contribution in [0.1, 0.15) is 31.2 Å². The molecule has 1 aliphatic rings. The number of nitrogens with zero attached hydrogens (tertiary/aromatic N) is 1. The third-order valence-electron chi connectivity index (χ3n) is 2.74. The van der Waals surface area contributed by atoms with E-state index in [2.05, 4.69) is 4.98 Å². The van der Waals surface area contributed by atoms with Crippen LogP contribution in [0.2, 0.25) is 0 Å². The number of rotatable bonds is 2. The van der Waals surface area contributed by atoms with Crippen molar-refractivity contribution < 1.29 is 17.9 Å². The van der Waals surface area contributed by atoms with Gasteiger partial charge >= 0.3 is 6.18 Å². The Kier molecular flexibility index (Phi) is 3.13. The molecule has 6 heteroatoms. The number of anilines is 1. The molecular formula is C11H13F3N2O. The second kappa shape index (κ2) is 4.43. The minimum Gasteiger partial charge on any atom is -0.474 e. The first-order valence-electron chi connectivity index (χ1n) is 5.46. The molecular weight excluding hydrogens is 233 g/mol. The van der Waals surface area contributed by atoms with Crippen LogP contribution in [0.4, 0.5) is 19.0 Å². The number of nitrogen functional groups attached to an aromatic ring is 1. The molecule has 2 rings (SSSR count). The van der Waals surface area contributed by atoms with E-state index < -0.39 is 11.7 Å². The lowest BCUT2D eigenvalue weighted by Crippen LogP contribution is -2.14. The van der Waals surface area contributed by atoms with Gasteiger partial charge in [-0.25, -0.2) is 0 Å². The molecule has 0 saturated heterocycles. The summed E-state index contributed by atoms with van der Waals surface area (Å²) < 4.78 is 43.0. The highest BCUT2D eigenvalue weighted by Crippen LogP contribution is 2.33. The van der Waals surface area contributed by atoms with Crippen molar-refractivity contribution in [3.05, 3.63) is 17.7 Å². The maximum absolute atomic E-state index is 12.5. The zero-order valence-electron chi connectivity index (χ0n) is 9.13. The molecule has 0 aliphatic heterocycles. The maximum atomic E-state index is 12.5. The van der Waals surface area contributed by atoms with Crippen LogP contribution < -0.4 is 10.5 Å². The molecule has 1 heterocycles. The summed E-state index contributed by atoms with van der Waals surface area (Å²) in [4.78, 5) is 3.77. The van der Waals surface area contributed by atoms with Crippen LogP contribution in [0.15, 0.2) is 12.1 Å². The number of alkyl halides is 3. The fraction of sp³-hybridized carbons (Fsp3) is 0.545. The average molecular weight is 246 g/mol. The molecule has 0 amide bonds. The predicted molar refractivity (Wildman–Crippen MR) is 56.5 cm³/mol. The molecule has 0 radical (unpaired) electrons. The fourth-order valence-corrected chi connectivity index (χ4v) is 1.93. The Bertz CT molecular complexity index is 400. The summed E-state index contributed by atoms with van der Waals surface area (Å²) in [6.45, 7) is 0. The molecule has 0 aromatic carbocycles. The Morgan fingerprint density at radius 1 is 1.24 bits per heavy atom. The molecule has 0 atom stereocenters. The van der Waals surface area contributed by atoms with Gasteiger partial charge in [-0.3, -0.25) is 0 Å². The molecule has 1 saturated carbocycles. The first-order valence-corrected chi connectivity index (χ1v) is 5.46. The van der Waals surface area contributed by atoms with E-state index in [1.165, 1.54) is 0 Å². The van der Waals surface area contributed by atoms with E-state index in [0.717, 1.165) is 37.8 Å². The van der Waals surface area contributed by atoms with Crippen LogP contribution in [0.25, 0.3) is 0 Å². The number of hydrogen-bond acceptors (Lipinski definition) is 3. The van der Waals surface area contributed by atoms with Crippen molar-refractivity contribution in [2.45, 2.75) is 38.0 Å². The standard InChI is InChI=1S/C11H13F3N2O/c12-11(13,14)7-5-9(15)16-10(6-7)17-8-3-1-2-4-8/h5-6,8H,1-4H2,(H2,15,16). The van der Waals surface area contributed by atoms with Crippen molar-refractivity contribution in [3.8, 4) is 5.88 Å². The van der Waals surface area contributed by atoms with Crippen molar-refractivity contribution in [3.63, 3.8) is 0 Å². The molecule has 0 unspecified atom stereocenters. The second-order valence-electron chi connectivity index (χ2n) is 4.14. The highest BCUT2D eigenvalue weighted by molar-refractivity contribution is 5.38. The monoisotopic (exact) mass is 246 g/mol. The van der Waals surface area contributed by atoms with Gasteiger partial charge in [-0.15, -0.1) is 0 Å². The summed E-state index contributed by atoms with van der Waals surface area (Å²) in [6, 6.07) is 1.70. The van der Waals surface area contributed by atoms with Gasteiger partial charge in [0.05, 0.1) is 5.56 Å². The molecule has 2 N–H and O–H groups in total. The van der Waals surface area contributed by atoms with Crippen LogP contribution in [-0.4, -0.2) is 11.1 Å². The van der Waals surface area contributed by atoms with Crippen molar-refractivity contribution in [1.82, 2.24) is 4.98 Å². The summed E-state index contributed by atoms with van der Waals surface area (Å²) in [5, 5.41) is 0. The lowest BCUT2D eigenvalue weighted by molar-refractivity contribution is -0.137. The number of aromatic nitrogens is 1. The third-order valence-corrected chi connectivity index (χ3v) is 2.74. The van der Waals surface area contributed by atoms with Gasteiger partial charge in [-0.2, -0.15) is 18.2 Å². The summed E-state index contributed by atoms with van der Waals surface area (Å²) in [5.41, 5.74) is 4.52. The Morgan fingerprint density at radius 2 is 1.88 bits per heavy atom. The first-order chi connectivity index (χ1) is 7.95. The number of nitrogens with two attached hydrogens (primary N) is 1. The topological polar surface area (TPSA) is 48.1 Å².